The molecule has 0 aromatic heterocycles. The Hall–Kier alpha value is -2.85. The number of aliphatic carboxylic acids is 1. The molecule has 0 saturated heterocycles. The Kier molecular flexibility index (Phi) is 7.38. The molecule has 2 rings (SSSR count). The molecule has 1 amide bonds. The van der Waals surface area contributed by atoms with Crippen molar-refractivity contribution in [3.63, 3.8) is 0 Å². The lowest BCUT2D eigenvalue weighted by atomic mass is 10.2. The maximum absolute atomic E-state index is 12.0. The summed E-state index contributed by atoms with van der Waals surface area (Å²) in [6, 6.07) is 10.9. The zero-order chi connectivity index (χ0) is 19.8. The number of hydrogen-bond acceptors (Lipinski definition) is 7. The second kappa shape index (κ2) is 9.74. The lowest BCUT2D eigenvalue weighted by Crippen LogP contribution is -2.25. The Balaban J connectivity index is 2.13. The SMILES string of the molecule is O=C(O)CCNC(=O)c1cccc(N=Nc2ccc(SS)c(C(=O)O)c2)c1. The number of carbonyl (C=O) groups excluding carboxylic acids is 1. The van der Waals surface area contributed by atoms with E-state index in [4.69, 9.17) is 5.11 Å². The van der Waals surface area contributed by atoms with Crippen LogP contribution in [-0.4, -0.2) is 34.6 Å². The Morgan fingerprint density at radius 2 is 1.74 bits per heavy atom. The minimum absolute atomic E-state index is 0.0212. The van der Waals surface area contributed by atoms with Crippen LogP contribution in [0.2, 0.25) is 0 Å². The van der Waals surface area contributed by atoms with Gasteiger partial charge in [0.2, 0.25) is 0 Å². The van der Waals surface area contributed by atoms with Gasteiger partial charge in [-0.2, -0.15) is 10.2 Å². The molecule has 10 heteroatoms. The molecule has 0 aliphatic rings. The summed E-state index contributed by atoms with van der Waals surface area (Å²) < 4.78 is 0. The van der Waals surface area contributed by atoms with Gasteiger partial charge in [-0.1, -0.05) is 16.9 Å². The highest BCUT2D eigenvalue weighted by Crippen LogP contribution is 2.30. The fourth-order valence-corrected chi connectivity index (χ4v) is 2.89. The molecule has 0 aliphatic heterocycles. The van der Waals surface area contributed by atoms with Crippen LogP contribution >= 0.6 is 22.5 Å². The van der Waals surface area contributed by atoms with E-state index in [1.54, 1.807) is 30.3 Å². The summed E-state index contributed by atoms with van der Waals surface area (Å²) in [6.07, 6.45) is -0.169. The molecule has 8 nitrogen and oxygen atoms in total. The Morgan fingerprint density at radius 3 is 2.37 bits per heavy atom. The quantitative estimate of drug-likeness (QED) is 0.299. The molecule has 3 N–H and O–H groups in total. The van der Waals surface area contributed by atoms with Gasteiger partial charge in [0.1, 0.15) is 0 Å². The van der Waals surface area contributed by atoms with Crippen LogP contribution in [0.25, 0.3) is 0 Å². The zero-order valence-corrected chi connectivity index (χ0v) is 15.5. The number of amides is 1. The average molecular weight is 405 g/mol. The largest absolute Gasteiger partial charge is 0.481 e. The summed E-state index contributed by atoms with van der Waals surface area (Å²) in [4.78, 5) is 34.2. The van der Waals surface area contributed by atoms with Crippen molar-refractivity contribution in [2.24, 2.45) is 10.2 Å². The second-order valence-corrected chi connectivity index (χ2v) is 6.40. The molecule has 0 unspecified atom stereocenters. The summed E-state index contributed by atoms with van der Waals surface area (Å²) in [6.45, 7) is 0.0212. The molecule has 140 valence electrons. The molecule has 0 radical (unpaired) electrons. The van der Waals surface area contributed by atoms with E-state index in [-0.39, 0.29) is 18.5 Å². The van der Waals surface area contributed by atoms with Crippen LogP contribution in [0, 0.1) is 0 Å². The topological polar surface area (TPSA) is 128 Å². The monoisotopic (exact) mass is 405 g/mol. The smallest absolute Gasteiger partial charge is 0.336 e. The number of aromatic carboxylic acids is 1. The van der Waals surface area contributed by atoms with Crippen molar-refractivity contribution in [3.05, 3.63) is 53.6 Å². The summed E-state index contributed by atoms with van der Waals surface area (Å²) in [7, 11) is 1.02. The first-order chi connectivity index (χ1) is 12.9. The molecular formula is C17H15N3O5S2. The molecular weight excluding hydrogens is 390 g/mol. The third-order valence-corrected chi connectivity index (χ3v) is 4.45. The molecule has 2 aromatic carbocycles. The second-order valence-electron chi connectivity index (χ2n) is 5.23. The number of carboxylic acids is 2. The van der Waals surface area contributed by atoms with Crippen molar-refractivity contribution in [2.45, 2.75) is 11.3 Å². The highest BCUT2D eigenvalue weighted by molar-refractivity contribution is 8.68. The number of carboxylic acid groups (broad SMARTS) is 2. The number of benzene rings is 2. The number of carbonyl (C=O) groups is 3. The minimum Gasteiger partial charge on any atom is -0.481 e. The summed E-state index contributed by atoms with van der Waals surface area (Å²) in [5.41, 5.74) is 1.11. The van der Waals surface area contributed by atoms with E-state index in [1.807, 2.05) is 0 Å². The number of hydrogen-bond donors (Lipinski definition) is 4. The molecule has 0 atom stereocenters. The summed E-state index contributed by atoms with van der Waals surface area (Å²) in [5.74, 6) is -2.51. The third-order valence-electron chi connectivity index (χ3n) is 3.31. The van der Waals surface area contributed by atoms with Crippen LogP contribution in [0.4, 0.5) is 11.4 Å². The van der Waals surface area contributed by atoms with E-state index < -0.39 is 17.8 Å². The predicted octanol–water partition coefficient (Wildman–Crippen LogP) is 3.94. The van der Waals surface area contributed by atoms with Crippen molar-refractivity contribution in [2.75, 3.05) is 6.54 Å². The van der Waals surface area contributed by atoms with E-state index >= 15 is 0 Å². The molecule has 0 fully saturated rings. The molecule has 0 spiro atoms. The number of nitrogens with zero attached hydrogens (tertiary/aromatic N) is 2. The Bertz CT molecular complexity index is 902. The lowest BCUT2D eigenvalue weighted by Gasteiger charge is -2.04. The van der Waals surface area contributed by atoms with E-state index in [0.717, 1.165) is 10.8 Å². The molecule has 0 aliphatic carbocycles. The molecule has 0 saturated carbocycles. The normalized spacial score (nSPS) is 10.7. The van der Waals surface area contributed by atoms with Gasteiger partial charge in [0, 0.05) is 17.0 Å². The van der Waals surface area contributed by atoms with Crippen LogP contribution in [-0.2, 0) is 4.79 Å². The van der Waals surface area contributed by atoms with Crippen molar-refractivity contribution in [3.8, 4) is 0 Å². The van der Waals surface area contributed by atoms with Crippen molar-refractivity contribution in [1.82, 2.24) is 5.32 Å². The molecule has 0 heterocycles. The van der Waals surface area contributed by atoms with E-state index in [9.17, 15) is 19.5 Å². The van der Waals surface area contributed by atoms with Crippen molar-refractivity contribution < 1.29 is 24.6 Å². The standard InChI is InChI=1S/C17H15N3O5S2/c21-15(22)6-7-18-16(23)10-2-1-3-11(8-10)19-20-12-4-5-14(27-26)13(9-12)17(24)25/h1-5,8-9,26H,6-7H2,(H,18,23)(H,21,22)(H,24,25). The first-order valence-corrected chi connectivity index (χ1v) is 9.48. The van der Waals surface area contributed by atoms with Gasteiger partial charge >= 0.3 is 11.9 Å². The van der Waals surface area contributed by atoms with E-state index in [1.165, 1.54) is 12.1 Å². The maximum atomic E-state index is 12.0. The van der Waals surface area contributed by atoms with Crippen LogP contribution < -0.4 is 5.32 Å². The number of thiol groups is 1. The van der Waals surface area contributed by atoms with E-state index in [2.05, 4.69) is 27.2 Å². The van der Waals surface area contributed by atoms with Crippen molar-refractivity contribution >= 4 is 51.7 Å². The summed E-state index contributed by atoms with van der Waals surface area (Å²) in [5, 5.41) is 28.3. The van der Waals surface area contributed by atoms with Crippen LogP contribution in [0.3, 0.4) is 0 Å². The van der Waals surface area contributed by atoms with Gasteiger partial charge in [-0.15, -0.1) is 11.7 Å². The Morgan fingerprint density at radius 1 is 1.04 bits per heavy atom. The minimum atomic E-state index is -1.09. The van der Waals surface area contributed by atoms with Crippen LogP contribution in [0.1, 0.15) is 27.1 Å². The van der Waals surface area contributed by atoms with Crippen LogP contribution in [0.5, 0.6) is 0 Å². The van der Waals surface area contributed by atoms with Gasteiger partial charge in [0.05, 0.1) is 23.4 Å². The lowest BCUT2D eigenvalue weighted by molar-refractivity contribution is -0.136. The first-order valence-electron chi connectivity index (χ1n) is 7.61. The predicted molar refractivity (Wildman–Crippen MR) is 103 cm³/mol. The number of nitrogens with one attached hydrogen (secondary N) is 1. The maximum Gasteiger partial charge on any atom is 0.336 e. The molecule has 27 heavy (non-hydrogen) atoms. The fourth-order valence-electron chi connectivity index (χ4n) is 2.04. The van der Waals surface area contributed by atoms with Gasteiger partial charge in [-0.05, 0) is 36.4 Å². The van der Waals surface area contributed by atoms with Gasteiger partial charge in [0.25, 0.3) is 5.91 Å². The fraction of sp³-hybridized carbons (Fsp3) is 0.118. The highest BCUT2D eigenvalue weighted by Gasteiger charge is 2.11. The highest BCUT2D eigenvalue weighted by atomic mass is 33.1. The number of azo groups is 1. The Labute approximate surface area is 163 Å². The molecule has 0 bridgehead atoms. The molecule has 2 aromatic rings. The average Bonchev–Trinajstić information content (AvgIpc) is 2.66. The van der Waals surface area contributed by atoms with Crippen molar-refractivity contribution in [1.29, 1.82) is 0 Å². The zero-order valence-electron chi connectivity index (χ0n) is 13.8. The number of rotatable bonds is 8. The van der Waals surface area contributed by atoms with Gasteiger partial charge < -0.3 is 15.5 Å². The summed E-state index contributed by atoms with van der Waals surface area (Å²) >= 11 is 4.01. The third kappa shape index (κ3) is 6.12. The van der Waals surface area contributed by atoms with Gasteiger partial charge in [-0.25, -0.2) is 4.79 Å². The van der Waals surface area contributed by atoms with Gasteiger partial charge in [-0.3, -0.25) is 9.59 Å². The van der Waals surface area contributed by atoms with Gasteiger partial charge in [0.15, 0.2) is 0 Å². The first kappa shape index (κ1) is 20.5. The van der Waals surface area contributed by atoms with Crippen LogP contribution in [0.15, 0.2) is 57.6 Å². The van der Waals surface area contributed by atoms with E-state index in [0.29, 0.717) is 21.8 Å².